The number of nitrogen functional groups attached to an aromatic ring is 1. The van der Waals surface area contributed by atoms with E-state index in [0.29, 0.717) is 5.82 Å². The van der Waals surface area contributed by atoms with Gasteiger partial charge >= 0.3 is 0 Å². The first kappa shape index (κ1) is 10.2. The van der Waals surface area contributed by atoms with Gasteiger partial charge < -0.3 is 16.4 Å². The van der Waals surface area contributed by atoms with E-state index in [4.69, 9.17) is 5.73 Å². The summed E-state index contributed by atoms with van der Waals surface area (Å²) in [6.07, 6.45) is 3.00. The van der Waals surface area contributed by atoms with Gasteiger partial charge in [-0.3, -0.25) is 4.79 Å². The topological polar surface area (TPSA) is 92.9 Å². The van der Waals surface area contributed by atoms with Gasteiger partial charge in [0.15, 0.2) is 11.6 Å². The fourth-order valence-electron chi connectivity index (χ4n) is 0.947. The Kier molecular flexibility index (Phi) is 3.22. The van der Waals surface area contributed by atoms with Crippen LogP contribution in [-0.4, -0.2) is 29.0 Å². The molecular formula is C8H13N5O. The Morgan fingerprint density at radius 3 is 2.71 bits per heavy atom. The molecule has 1 atom stereocenters. The summed E-state index contributed by atoms with van der Waals surface area (Å²) in [6.45, 7) is 1.72. The molecule has 6 nitrogen and oxygen atoms in total. The van der Waals surface area contributed by atoms with Crippen molar-refractivity contribution in [1.82, 2.24) is 15.3 Å². The van der Waals surface area contributed by atoms with E-state index >= 15 is 0 Å². The first-order valence-electron chi connectivity index (χ1n) is 4.19. The van der Waals surface area contributed by atoms with Crippen LogP contribution in [-0.2, 0) is 4.79 Å². The van der Waals surface area contributed by atoms with Crippen LogP contribution in [0.3, 0.4) is 0 Å². The van der Waals surface area contributed by atoms with Crippen molar-refractivity contribution in [1.29, 1.82) is 0 Å². The first-order chi connectivity index (χ1) is 6.65. The molecule has 0 bridgehead atoms. The molecule has 1 aromatic rings. The van der Waals surface area contributed by atoms with Crippen molar-refractivity contribution in [2.75, 3.05) is 18.1 Å². The third-order valence-corrected chi connectivity index (χ3v) is 1.72. The van der Waals surface area contributed by atoms with E-state index in [1.807, 2.05) is 0 Å². The average molecular weight is 195 g/mol. The first-order valence-corrected chi connectivity index (χ1v) is 4.19. The molecule has 0 radical (unpaired) electrons. The van der Waals surface area contributed by atoms with Crippen LogP contribution in [0.15, 0.2) is 12.4 Å². The summed E-state index contributed by atoms with van der Waals surface area (Å²) in [7, 11) is 1.57. The van der Waals surface area contributed by atoms with Crippen molar-refractivity contribution in [3.05, 3.63) is 12.4 Å². The van der Waals surface area contributed by atoms with Crippen molar-refractivity contribution in [3.8, 4) is 0 Å². The van der Waals surface area contributed by atoms with Crippen LogP contribution < -0.4 is 16.4 Å². The number of carbonyl (C=O) groups is 1. The van der Waals surface area contributed by atoms with Crippen LogP contribution in [0, 0.1) is 0 Å². The number of anilines is 2. The Hall–Kier alpha value is -1.85. The number of hydrogen-bond acceptors (Lipinski definition) is 5. The minimum absolute atomic E-state index is 0.130. The lowest BCUT2D eigenvalue weighted by Gasteiger charge is -2.13. The molecule has 1 rings (SSSR count). The second-order valence-corrected chi connectivity index (χ2v) is 2.77. The summed E-state index contributed by atoms with van der Waals surface area (Å²) in [6, 6.07) is -0.390. The predicted molar refractivity (Wildman–Crippen MR) is 53.6 cm³/mol. The summed E-state index contributed by atoms with van der Waals surface area (Å²) in [5.41, 5.74) is 5.54. The summed E-state index contributed by atoms with van der Waals surface area (Å²) in [4.78, 5) is 19.0. The summed E-state index contributed by atoms with van der Waals surface area (Å²) < 4.78 is 0. The monoisotopic (exact) mass is 195 g/mol. The van der Waals surface area contributed by atoms with Gasteiger partial charge in [-0.2, -0.15) is 0 Å². The highest BCUT2D eigenvalue weighted by atomic mass is 16.2. The number of nitrogens with one attached hydrogen (secondary N) is 2. The SMILES string of the molecule is CNC(=O)[C@H](C)Nc1nccnc1N. The second-order valence-electron chi connectivity index (χ2n) is 2.77. The van der Waals surface area contributed by atoms with E-state index in [1.54, 1.807) is 14.0 Å². The van der Waals surface area contributed by atoms with Gasteiger partial charge in [0.25, 0.3) is 0 Å². The van der Waals surface area contributed by atoms with Crippen LogP contribution in [0.2, 0.25) is 0 Å². The molecule has 0 saturated heterocycles. The van der Waals surface area contributed by atoms with Gasteiger partial charge in [0.05, 0.1) is 0 Å². The van der Waals surface area contributed by atoms with Crippen molar-refractivity contribution in [3.63, 3.8) is 0 Å². The molecule has 0 aliphatic carbocycles. The molecular weight excluding hydrogens is 182 g/mol. The molecule has 76 valence electrons. The number of nitrogens with two attached hydrogens (primary N) is 1. The van der Waals surface area contributed by atoms with Gasteiger partial charge in [0.1, 0.15) is 6.04 Å². The molecule has 0 unspecified atom stereocenters. The molecule has 1 aromatic heterocycles. The van der Waals surface area contributed by atoms with E-state index in [2.05, 4.69) is 20.6 Å². The van der Waals surface area contributed by atoms with Crippen molar-refractivity contribution < 1.29 is 4.79 Å². The molecule has 0 spiro atoms. The minimum Gasteiger partial charge on any atom is -0.381 e. The summed E-state index contributed by atoms with van der Waals surface area (Å²) >= 11 is 0. The lowest BCUT2D eigenvalue weighted by atomic mass is 10.3. The molecule has 0 fully saturated rings. The number of rotatable bonds is 3. The lowest BCUT2D eigenvalue weighted by molar-refractivity contribution is -0.121. The third kappa shape index (κ3) is 2.32. The lowest BCUT2D eigenvalue weighted by Crippen LogP contribution is -2.35. The van der Waals surface area contributed by atoms with E-state index in [0.717, 1.165) is 0 Å². The van der Waals surface area contributed by atoms with Crippen LogP contribution in [0.25, 0.3) is 0 Å². The molecule has 0 aliphatic rings. The zero-order valence-corrected chi connectivity index (χ0v) is 8.11. The molecule has 1 heterocycles. The second kappa shape index (κ2) is 4.40. The van der Waals surface area contributed by atoms with Crippen LogP contribution in [0.4, 0.5) is 11.6 Å². The highest BCUT2D eigenvalue weighted by Gasteiger charge is 2.12. The Labute approximate surface area is 81.9 Å². The zero-order valence-electron chi connectivity index (χ0n) is 8.11. The number of nitrogens with zero attached hydrogens (tertiary/aromatic N) is 2. The Bertz CT molecular complexity index is 327. The number of likely N-dealkylation sites (N-methyl/N-ethyl adjacent to an activating group) is 1. The van der Waals surface area contributed by atoms with Crippen LogP contribution in [0.5, 0.6) is 0 Å². The third-order valence-electron chi connectivity index (χ3n) is 1.72. The molecule has 1 amide bonds. The number of aromatic nitrogens is 2. The zero-order chi connectivity index (χ0) is 10.6. The maximum Gasteiger partial charge on any atom is 0.241 e. The van der Waals surface area contributed by atoms with Gasteiger partial charge in [-0.15, -0.1) is 0 Å². The molecule has 6 heteroatoms. The summed E-state index contributed by atoms with van der Waals surface area (Å²) in [5, 5.41) is 5.36. The fraction of sp³-hybridized carbons (Fsp3) is 0.375. The largest absolute Gasteiger partial charge is 0.381 e. The fourth-order valence-corrected chi connectivity index (χ4v) is 0.947. The maximum absolute atomic E-state index is 11.2. The minimum atomic E-state index is -0.390. The quantitative estimate of drug-likeness (QED) is 0.610. The maximum atomic E-state index is 11.2. The molecule has 4 N–H and O–H groups in total. The number of amides is 1. The Morgan fingerprint density at radius 1 is 1.50 bits per heavy atom. The highest BCUT2D eigenvalue weighted by molar-refractivity contribution is 5.84. The van der Waals surface area contributed by atoms with Crippen molar-refractivity contribution in [2.45, 2.75) is 13.0 Å². The Morgan fingerprint density at radius 2 is 2.14 bits per heavy atom. The predicted octanol–water partition coefficient (Wildman–Crippen LogP) is -0.395. The average Bonchev–Trinajstić information content (AvgIpc) is 2.20. The van der Waals surface area contributed by atoms with Gasteiger partial charge in [-0.05, 0) is 6.92 Å². The number of hydrogen-bond donors (Lipinski definition) is 3. The smallest absolute Gasteiger partial charge is 0.241 e. The normalized spacial score (nSPS) is 11.9. The van der Waals surface area contributed by atoms with Gasteiger partial charge in [-0.25, -0.2) is 9.97 Å². The van der Waals surface area contributed by atoms with E-state index in [1.165, 1.54) is 12.4 Å². The van der Waals surface area contributed by atoms with Gasteiger partial charge in [0, 0.05) is 19.4 Å². The number of carbonyl (C=O) groups excluding carboxylic acids is 1. The highest BCUT2D eigenvalue weighted by Crippen LogP contribution is 2.10. The van der Waals surface area contributed by atoms with E-state index in [9.17, 15) is 4.79 Å². The standard InChI is InChI=1S/C8H13N5O/c1-5(8(14)10-2)13-7-6(9)11-3-4-12-7/h3-5H,1-2H3,(H2,9,11)(H,10,14)(H,12,13)/t5-/m0/s1. The van der Waals surface area contributed by atoms with Gasteiger partial charge in [0.2, 0.25) is 5.91 Å². The molecule has 0 saturated carbocycles. The Balaban J connectivity index is 2.69. The van der Waals surface area contributed by atoms with Crippen LogP contribution in [0.1, 0.15) is 6.92 Å². The van der Waals surface area contributed by atoms with E-state index < -0.39 is 0 Å². The molecule has 14 heavy (non-hydrogen) atoms. The van der Waals surface area contributed by atoms with Crippen LogP contribution >= 0.6 is 0 Å². The van der Waals surface area contributed by atoms with E-state index in [-0.39, 0.29) is 17.8 Å². The van der Waals surface area contributed by atoms with Gasteiger partial charge in [-0.1, -0.05) is 0 Å². The van der Waals surface area contributed by atoms with Crippen molar-refractivity contribution in [2.24, 2.45) is 0 Å². The van der Waals surface area contributed by atoms with Crippen molar-refractivity contribution >= 4 is 17.5 Å². The molecule has 0 aromatic carbocycles. The molecule has 0 aliphatic heterocycles. The summed E-state index contributed by atoms with van der Waals surface area (Å²) in [5.74, 6) is 0.571.